The number of halogens is 1. The molecule has 0 aromatic heterocycles. The molecule has 0 saturated heterocycles. The Labute approximate surface area is 204 Å². The molecular formula is C30H32BrP. The Balaban J connectivity index is 0.00000289. The lowest BCUT2D eigenvalue weighted by Crippen LogP contribution is -3.00. The van der Waals surface area contributed by atoms with Crippen LogP contribution in [0.1, 0.15) is 43.8 Å². The molecule has 4 rings (SSSR count). The molecule has 0 aliphatic rings. The maximum absolute atomic E-state index is 2.36. The van der Waals surface area contributed by atoms with Crippen molar-refractivity contribution in [3.8, 4) is 0 Å². The summed E-state index contributed by atoms with van der Waals surface area (Å²) in [4.78, 5) is 0. The van der Waals surface area contributed by atoms with E-state index in [0.29, 0.717) is 5.66 Å². The second-order valence-corrected chi connectivity index (χ2v) is 11.8. The number of unbranched alkanes of at least 4 members (excludes halogenated alkanes) is 2. The van der Waals surface area contributed by atoms with Gasteiger partial charge in [-0.15, -0.1) is 0 Å². The van der Waals surface area contributed by atoms with Crippen LogP contribution in [0.3, 0.4) is 0 Å². The van der Waals surface area contributed by atoms with E-state index >= 15 is 0 Å². The average Bonchev–Trinajstić information content (AvgIpc) is 2.86. The van der Waals surface area contributed by atoms with Gasteiger partial charge in [-0.25, -0.2) is 0 Å². The molecule has 0 aliphatic carbocycles. The Morgan fingerprint density at radius 3 is 1.28 bits per heavy atom. The molecule has 32 heavy (non-hydrogen) atoms. The number of hydrogen-bond acceptors (Lipinski definition) is 0. The number of hydrogen-bond donors (Lipinski definition) is 0. The fraction of sp³-hybridized carbons (Fsp3) is 0.200. The molecule has 0 saturated carbocycles. The first kappa shape index (κ1) is 24.4. The van der Waals surface area contributed by atoms with Crippen LogP contribution in [-0.2, 0) is 0 Å². The van der Waals surface area contributed by atoms with Gasteiger partial charge in [0.05, 0.1) is 0 Å². The van der Waals surface area contributed by atoms with Crippen LogP contribution >= 0.6 is 7.26 Å². The van der Waals surface area contributed by atoms with Crippen molar-refractivity contribution < 1.29 is 17.0 Å². The van der Waals surface area contributed by atoms with E-state index in [9.17, 15) is 0 Å². The van der Waals surface area contributed by atoms with Gasteiger partial charge in [-0.2, -0.15) is 0 Å². The summed E-state index contributed by atoms with van der Waals surface area (Å²) < 4.78 is 0. The Kier molecular flexibility index (Phi) is 9.27. The van der Waals surface area contributed by atoms with Gasteiger partial charge in [0, 0.05) is 0 Å². The molecule has 0 radical (unpaired) electrons. The standard InChI is InChI=1S/C30H32P.BrH/c1-2-3-8-25-30(26-17-9-4-10-18-26)31(27-19-11-5-12-20-27,28-21-13-6-14-22-28)29-23-15-7-16-24-29;/h4-7,9-24,30H,2-3,8,25H2,1H3;1H/q+1;/p-1. The highest BCUT2D eigenvalue weighted by molar-refractivity contribution is 7.96. The molecule has 0 N–H and O–H groups in total. The van der Waals surface area contributed by atoms with Gasteiger partial charge in [0.2, 0.25) is 0 Å². The van der Waals surface area contributed by atoms with E-state index in [-0.39, 0.29) is 17.0 Å². The third kappa shape index (κ3) is 5.06. The molecule has 0 amide bonds. The summed E-state index contributed by atoms with van der Waals surface area (Å²) >= 11 is 0. The number of benzene rings is 4. The third-order valence-corrected chi connectivity index (χ3v) is 11.1. The van der Waals surface area contributed by atoms with E-state index in [1.165, 1.54) is 47.2 Å². The summed E-state index contributed by atoms with van der Waals surface area (Å²) in [6.45, 7) is 2.30. The van der Waals surface area contributed by atoms with Gasteiger partial charge in [-0.1, -0.05) is 105 Å². The van der Waals surface area contributed by atoms with Crippen molar-refractivity contribution in [2.24, 2.45) is 0 Å². The minimum Gasteiger partial charge on any atom is -1.00 e. The molecule has 1 unspecified atom stereocenters. The van der Waals surface area contributed by atoms with E-state index in [1.54, 1.807) is 0 Å². The van der Waals surface area contributed by atoms with Crippen LogP contribution in [0.25, 0.3) is 0 Å². The van der Waals surface area contributed by atoms with Crippen molar-refractivity contribution in [2.45, 2.75) is 38.3 Å². The lowest BCUT2D eigenvalue weighted by atomic mass is 10.1. The lowest BCUT2D eigenvalue weighted by Gasteiger charge is -2.35. The molecule has 0 nitrogen and oxygen atoms in total. The zero-order valence-corrected chi connectivity index (χ0v) is 21.3. The molecule has 0 fully saturated rings. The predicted octanol–water partition coefficient (Wildman–Crippen LogP) is 4.31. The van der Waals surface area contributed by atoms with Crippen LogP contribution in [0.4, 0.5) is 0 Å². The Hall–Kier alpha value is -2.21. The Morgan fingerprint density at radius 2 is 0.906 bits per heavy atom. The molecule has 164 valence electrons. The van der Waals surface area contributed by atoms with Gasteiger partial charge in [0.25, 0.3) is 0 Å². The summed E-state index contributed by atoms with van der Waals surface area (Å²) in [6, 6.07) is 45.1. The fourth-order valence-corrected chi connectivity index (χ4v) is 9.91. The van der Waals surface area contributed by atoms with Crippen molar-refractivity contribution in [2.75, 3.05) is 0 Å². The first-order valence-corrected chi connectivity index (χ1v) is 13.3. The lowest BCUT2D eigenvalue weighted by molar-refractivity contribution is -0.00000611. The topological polar surface area (TPSA) is 0 Å². The monoisotopic (exact) mass is 502 g/mol. The summed E-state index contributed by atoms with van der Waals surface area (Å²) in [5.41, 5.74) is 1.91. The molecule has 4 aromatic rings. The molecule has 1 atom stereocenters. The van der Waals surface area contributed by atoms with Crippen molar-refractivity contribution in [3.05, 3.63) is 127 Å². The second kappa shape index (κ2) is 12.1. The Morgan fingerprint density at radius 1 is 0.531 bits per heavy atom. The average molecular weight is 503 g/mol. The molecule has 0 heterocycles. The molecule has 2 heteroatoms. The number of rotatable bonds is 9. The van der Waals surface area contributed by atoms with Crippen LogP contribution in [0.5, 0.6) is 0 Å². The molecule has 0 spiro atoms. The second-order valence-electron chi connectivity index (χ2n) is 8.15. The van der Waals surface area contributed by atoms with Crippen LogP contribution in [-0.4, -0.2) is 0 Å². The van der Waals surface area contributed by atoms with Crippen molar-refractivity contribution in [1.29, 1.82) is 0 Å². The SMILES string of the molecule is CCCCCC(c1ccccc1)[P+](c1ccccc1)(c1ccccc1)c1ccccc1.[Br-]. The van der Waals surface area contributed by atoms with Gasteiger partial charge >= 0.3 is 0 Å². The zero-order chi connectivity index (χ0) is 21.4. The van der Waals surface area contributed by atoms with Crippen molar-refractivity contribution in [3.63, 3.8) is 0 Å². The third-order valence-electron chi connectivity index (χ3n) is 6.22. The molecule has 0 bridgehead atoms. The van der Waals surface area contributed by atoms with Crippen molar-refractivity contribution in [1.82, 2.24) is 0 Å². The fourth-order valence-electron chi connectivity index (χ4n) is 4.82. The van der Waals surface area contributed by atoms with Gasteiger partial charge < -0.3 is 17.0 Å². The van der Waals surface area contributed by atoms with Gasteiger partial charge in [-0.3, -0.25) is 0 Å². The smallest absolute Gasteiger partial charge is 0.119 e. The van der Waals surface area contributed by atoms with Gasteiger partial charge in [0.15, 0.2) is 0 Å². The quantitative estimate of drug-likeness (QED) is 0.236. The van der Waals surface area contributed by atoms with E-state index < -0.39 is 7.26 Å². The minimum atomic E-state index is -1.93. The van der Waals surface area contributed by atoms with Crippen LogP contribution in [0.2, 0.25) is 0 Å². The predicted molar refractivity (Wildman–Crippen MR) is 138 cm³/mol. The van der Waals surface area contributed by atoms with Crippen LogP contribution < -0.4 is 32.9 Å². The van der Waals surface area contributed by atoms with Crippen LogP contribution in [0, 0.1) is 0 Å². The van der Waals surface area contributed by atoms with Gasteiger partial charge in [0.1, 0.15) is 28.8 Å². The molecule has 4 aromatic carbocycles. The summed E-state index contributed by atoms with van der Waals surface area (Å²) in [6.07, 6.45) is 4.98. The van der Waals surface area contributed by atoms with E-state index in [1.807, 2.05) is 0 Å². The maximum Gasteiger partial charge on any atom is 0.119 e. The zero-order valence-electron chi connectivity index (χ0n) is 18.8. The first-order valence-electron chi connectivity index (χ1n) is 11.5. The van der Waals surface area contributed by atoms with Crippen LogP contribution in [0.15, 0.2) is 121 Å². The largest absolute Gasteiger partial charge is 1.00 e. The Bertz CT molecular complexity index is 937. The molecular weight excluding hydrogens is 471 g/mol. The molecule has 0 aliphatic heterocycles. The normalized spacial score (nSPS) is 12.0. The highest BCUT2D eigenvalue weighted by Gasteiger charge is 2.52. The van der Waals surface area contributed by atoms with E-state index in [0.717, 1.165) is 0 Å². The van der Waals surface area contributed by atoms with E-state index in [2.05, 4.69) is 128 Å². The highest BCUT2D eigenvalue weighted by atomic mass is 79.9. The highest BCUT2D eigenvalue weighted by Crippen LogP contribution is 2.68. The van der Waals surface area contributed by atoms with E-state index in [4.69, 9.17) is 0 Å². The summed E-state index contributed by atoms with van der Waals surface area (Å²) in [7, 11) is -1.93. The van der Waals surface area contributed by atoms with Gasteiger partial charge in [-0.05, 0) is 54.8 Å². The van der Waals surface area contributed by atoms with Crippen molar-refractivity contribution >= 4 is 23.2 Å². The summed E-state index contributed by atoms with van der Waals surface area (Å²) in [5, 5.41) is 4.41. The first-order chi connectivity index (χ1) is 15.4. The minimum absolute atomic E-state index is 0. The summed E-state index contributed by atoms with van der Waals surface area (Å²) in [5.74, 6) is 0. The maximum atomic E-state index is 2.36.